The Balaban J connectivity index is 2.65. The second-order valence-electron chi connectivity index (χ2n) is 7.79. The van der Waals surface area contributed by atoms with Gasteiger partial charge in [0.25, 0.3) is 0 Å². The number of rotatable bonds is 8. The van der Waals surface area contributed by atoms with Crippen LogP contribution in [-0.4, -0.2) is 54.5 Å². The van der Waals surface area contributed by atoms with Gasteiger partial charge < -0.3 is 25.0 Å². The maximum atomic E-state index is 12.8. The maximum absolute atomic E-state index is 12.8. The van der Waals surface area contributed by atoms with E-state index in [1.807, 2.05) is 33.8 Å². The molecule has 3 atom stereocenters. The van der Waals surface area contributed by atoms with Gasteiger partial charge in [0, 0.05) is 6.54 Å². The number of nitrogens with zero attached hydrogens (tertiary/aromatic N) is 2. The molecule has 0 spiro atoms. The molecular formula is C20H30N2O6. The van der Waals surface area contributed by atoms with E-state index in [4.69, 9.17) is 5.11 Å². The van der Waals surface area contributed by atoms with Crippen LogP contribution in [0, 0.1) is 19.8 Å². The molecule has 1 aromatic carbocycles. The van der Waals surface area contributed by atoms with E-state index in [0.29, 0.717) is 23.5 Å². The summed E-state index contributed by atoms with van der Waals surface area (Å²) in [6.45, 7) is 7.16. The number of fused-ring (bicyclic) bond motifs is 1. The van der Waals surface area contributed by atoms with Crippen molar-refractivity contribution in [2.24, 2.45) is 5.92 Å². The number of hydrogen-bond donors (Lipinski definition) is 4. The second kappa shape index (κ2) is 9.00. The van der Waals surface area contributed by atoms with Crippen molar-refractivity contribution in [2.45, 2.75) is 65.5 Å². The maximum Gasteiger partial charge on any atom is 0.317 e. The molecule has 8 nitrogen and oxygen atoms in total. The lowest BCUT2D eigenvalue weighted by molar-refractivity contribution is -0.0805. The third-order valence-corrected chi connectivity index (χ3v) is 5.12. The van der Waals surface area contributed by atoms with Crippen LogP contribution in [0.1, 0.15) is 31.4 Å². The average Bonchev–Trinajstić information content (AvgIpc) is 2.65. The molecule has 0 saturated carbocycles. The summed E-state index contributed by atoms with van der Waals surface area (Å²) in [5.41, 5.74) is 1.44. The van der Waals surface area contributed by atoms with Gasteiger partial charge >= 0.3 is 11.1 Å². The monoisotopic (exact) mass is 394 g/mol. The molecule has 4 N–H and O–H groups in total. The van der Waals surface area contributed by atoms with E-state index in [1.165, 1.54) is 4.57 Å². The predicted molar refractivity (Wildman–Crippen MR) is 107 cm³/mol. The molecule has 8 heteroatoms. The number of aryl methyl sites for hydroxylation is 3. The van der Waals surface area contributed by atoms with Crippen LogP contribution in [0.5, 0.6) is 0 Å². The number of aromatic nitrogens is 2. The minimum absolute atomic E-state index is 0.355. The standard InChI is InChI=1S/C20H30N2O6/c1-11(2)5-6-21-14-7-12(3)13(4)8-15(14)22(20(28)19(21)27)9-16(24)18(26)17(25)10-23/h7-8,11,16-18,23-26H,5-6,9-10H2,1-4H3. The van der Waals surface area contributed by atoms with Crippen molar-refractivity contribution in [1.82, 2.24) is 9.13 Å². The van der Waals surface area contributed by atoms with Crippen LogP contribution in [0.2, 0.25) is 0 Å². The first-order valence-corrected chi connectivity index (χ1v) is 9.48. The largest absolute Gasteiger partial charge is 0.394 e. The zero-order valence-electron chi connectivity index (χ0n) is 16.8. The number of hydrogen-bond acceptors (Lipinski definition) is 6. The summed E-state index contributed by atoms with van der Waals surface area (Å²) < 4.78 is 2.60. The Hall–Kier alpha value is -2.00. The van der Waals surface area contributed by atoms with E-state index in [2.05, 4.69) is 0 Å². The number of aliphatic hydroxyl groups excluding tert-OH is 4. The Morgan fingerprint density at radius 1 is 0.893 bits per heavy atom. The zero-order valence-corrected chi connectivity index (χ0v) is 16.8. The van der Waals surface area contributed by atoms with Gasteiger partial charge in [-0.1, -0.05) is 13.8 Å². The third-order valence-electron chi connectivity index (χ3n) is 5.12. The SMILES string of the molecule is Cc1cc2c(cc1C)n(CC(O)C(O)C(O)CO)c(=O)c(=O)n2CCC(C)C. The minimum Gasteiger partial charge on any atom is -0.394 e. The van der Waals surface area contributed by atoms with Crippen LogP contribution < -0.4 is 11.1 Å². The molecule has 0 aliphatic heterocycles. The fraction of sp³-hybridized carbons (Fsp3) is 0.600. The summed E-state index contributed by atoms with van der Waals surface area (Å²) in [7, 11) is 0. The van der Waals surface area contributed by atoms with Gasteiger partial charge in [-0.25, -0.2) is 0 Å². The van der Waals surface area contributed by atoms with E-state index in [-0.39, 0.29) is 6.54 Å². The third kappa shape index (κ3) is 4.52. The summed E-state index contributed by atoms with van der Waals surface area (Å²) in [5, 5.41) is 38.6. The van der Waals surface area contributed by atoms with E-state index in [0.717, 1.165) is 22.1 Å². The van der Waals surface area contributed by atoms with Gasteiger partial charge in [-0.2, -0.15) is 0 Å². The summed E-state index contributed by atoms with van der Waals surface area (Å²) in [6.07, 6.45) is -4.00. The quantitative estimate of drug-likeness (QED) is 0.464. The summed E-state index contributed by atoms with van der Waals surface area (Å²) in [4.78, 5) is 25.5. The van der Waals surface area contributed by atoms with Crippen LogP contribution >= 0.6 is 0 Å². The van der Waals surface area contributed by atoms with Crippen molar-refractivity contribution >= 4 is 11.0 Å². The highest BCUT2D eigenvalue weighted by Crippen LogP contribution is 2.19. The van der Waals surface area contributed by atoms with Crippen LogP contribution in [0.15, 0.2) is 21.7 Å². The van der Waals surface area contributed by atoms with E-state index >= 15 is 0 Å². The molecule has 0 amide bonds. The molecule has 156 valence electrons. The number of aliphatic hydroxyl groups is 4. The Kier molecular flexibility index (Phi) is 7.16. The molecule has 0 bridgehead atoms. The van der Waals surface area contributed by atoms with Gasteiger partial charge in [0.2, 0.25) is 0 Å². The summed E-state index contributed by atoms with van der Waals surface area (Å²) in [5.74, 6) is 0.355. The lowest BCUT2D eigenvalue weighted by Gasteiger charge is -2.24. The van der Waals surface area contributed by atoms with E-state index in [1.54, 1.807) is 6.07 Å². The van der Waals surface area contributed by atoms with Crippen LogP contribution in [0.25, 0.3) is 11.0 Å². The molecule has 3 unspecified atom stereocenters. The zero-order chi connectivity index (χ0) is 21.2. The highest BCUT2D eigenvalue weighted by Gasteiger charge is 2.26. The van der Waals surface area contributed by atoms with Gasteiger partial charge in [0.1, 0.15) is 18.3 Å². The molecule has 2 rings (SSSR count). The minimum atomic E-state index is -1.65. The Labute approximate surface area is 163 Å². The van der Waals surface area contributed by atoms with Crippen LogP contribution in [0.3, 0.4) is 0 Å². The Bertz CT molecular complexity index is 946. The highest BCUT2D eigenvalue weighted by atomic mass is 16.4. The van der Waals surface area contributed by atoms with Gasteiger partial charge in [-0.05, 0) is 49.4 Å². The topological polar surface area (TPSA) is 125 Å². The first-order chi connectivity index (χ1) is 13.1. The van der Waals surface area contributed by atoms with Crippen molar-refractivity contribution in [1.29, 1.82) is 0 Å². The van der Waals surface area contributed by atoms with Crippen molar-refractivity contribution in [3.63, 3.8) is 0 Å². The van der Waals surface area contributed by atoms with Gasteiger partial charge in [0.15, 0.2) is 0 Å². The molecule has 0 aliphatic carbocycles. The molecule has 1 heterocycles. The summed E-state index contributed by atoms with van der Waals surface area (Å²) >= 11 is 0. The fourth-order valence-corrected chi connectivity index (χ4v) is 3.12. The highest BCUT2D eigenvalue weighted by molar-refractivity contribution is 5.77. The predicted octanol–water partition coefficient (Wildman–Crippen LogP) is -0.0989. The fourth-order valence-electron chi connectivity index (χ4n) is 3.12. The van der Waals surface area contributed by atoms with Crippen LogP contribution in [0.4, 0.5) is 0 Å². The van der Waals surface area contributed by atoms with Crippen molar-refractivity contribution in [2.75, 3.05) is 6.61 Å². The molecule has 0 aliphatic rings. The normalized spacial score (nSPS) is 15.2. The van der Waals surface area contributed by atoms with Gasteiger partial charge in [0.05, 0.1) is 24.2 Å². The summed E-state index contributed by atoms with van der Waals surface area (Å²) in [6, 6.07) is 3.62. The molecule has 0 radical (unpaired) electrons. The van der Waals surface area contributed by atoms with Crippen molar-refractivity contribution in [3.8, 4) is 0 Å². The lowest BCUT2D eigenvalue weighted by atomic mass is 10.1. The molecular weight excluding hydrogens is 364 g/mol. The second-order valence-corrected chi connectivity index (χ2v) is 7.79. The first-order valence-electron chi connectivity index (χ1n) is 9.48. The van der Waals surface area contributed by atoms with Crippen molar-refractivity contribution < 1.29 is 20.4 Å². The molecule has 1 aromatic heterocycles. The smallest absolute Gasteiger partial charge is 0.317 e. The van der Waals surface area contributed by atoms with Gasteiger partial charge in [-0.15, -0.1) is 0 Å². The molecule has 28 heavy (non-hydrogen) atoms. The molecule has 0 fully saturated rings. The van der Waals surface area contributed by atoms with Gasteiger partial charge in [-0.3, -0.25) is 14.2 Å². The van der Waals surface area contributed by atoms with E-state index in [9.17, 15) is 24.9 Å². The molecule has 0 saturated heterocycles. The first kappa shape index (κ1) is 22.3. The van der Waals surface area contributed by atoms with E-state index < -0.39 is 36.0 Å². The Morgan fingerprint density at radius 3 is 1.89 bits per heavy atom. The Morgan fingerprint density at radius 2 is 1.39 bits per heavy atom. The molecule has 2 aromatic rings. The van der Waals surface area contributed by atoms with Crippen molar-refractivity contribution in [3.05, 3.63) is 44.0 Å². The lowest BCUT2D eigenvalue weighted by Crippen LogP contribution is -2.47. The number of benzene rings is 1. The average molecular weight is 394 g/mol. The van der Waals surface area contributed by atoms with Crippen LogP contribution in [-0.2, 0) is 13.1 Å².